The normalized spacial score (nSPS) is 12.2. The number of halogens is 1. The molecule has 0 atom stereocenters. The predicted molar refractivity (Wildman–Crippen MR) is 51.0 cm³/mol. The maximum absolute atomic E-state index is 10.4. The van der Waals surface area contributed by atoms with Crippen LogP contribution in [0.1, 0.15) is 12.5 Å². The van der Waals surface area contributed by atoms with Crippen LogP contribution in [0.25, 0.3) is 5.03 Å². The third-order valence-corrected chi connectivity index (χ3v) is 2.07. The average Bonchev–Trinajstić information content (AvgIpc) is 2.17. The molecule has 0 N–H and O–H groups in total. The lowest BCUT2D eigenvalue weighted by atomic mass is 10.1. The summed E-state index contributed by atoms with van der Waals surface area (Å²) in [4.78, 5) is 10.4. The van der Waals surface area contributed by atoms with Crippen LogP contribution in [-0.2, 0) is 4.79 Å². The minimum absolute atomic E-state index is 0.519. The van der Waals surface area contributed by atoms with Gasteiger partial charge in [-0.3, -0.25) is 4.79 Å². The molecule has 0 aromatic heterocycles. The number of hydrogen-bond acceptors (Lipinski definition) is 1. The van der Waals surface area contributed by atoms with Crippen LogP contribution < -0.4 is 0 Å². The molecule has 0 unspecified atom stereocenters. The van der Waals surface area contributed by atoms with Crippen molar-refractivity contribution in [2.75, 3.05) is 0 Å². The van der Waals surface area contributed by atoms with E-state index in [-0.39, 0.29) is 0 Å². The van der Waals surface area contributed by atoms with Crippen LogP contribution in [0.3, 0.4) is 0 Å². The summed E-state index contributed by atoms with van der Waals surface area (Å²) < 4.78 is 0. The number of aldehydes is 1. The van der Waals surface area contributed by atoms with Crippen molar-refractivity contribution in [2.45, 2.75) is 6.92 Å². The highest BCUT2D eigenvalue weighted by Crippen LogP contribution is 2.21. The Morgan fingerprint density at radius 2 is 1.92 bits per heavy atom. The first-order chi connectivity index (χ1) is 5.75. The van der Waals surface area contributed by atoms with Crippen LogP contribution in [-0.4, -0.2) is 6.29 Å². The molecule has 0 radical (unpaired) electrons. The van der Waals surface area contributed by atoms with E-state index in [2.05, 4.69) is 0 Å². The van der Waals surface area contributed by atoms with Gasteiger partial charge < -0.3 is 0 Å². The molecule has 0 aliphatic heterocycles. The molecule has 2 heteroatoms. The highest BCUT2D eigenvalue weighted by atomic mass is 35.5. The van der Waals surface area contributed by atoms with Gasteiger partial charge in [-0.05, 0) is 12.5 Å². The third kappa shape index (κ3) is 1.95. The van der Waals surface area contributed by atoms with Crippen LogP contribution in [0.15, 0.2) is 35.9 Å². The molecule has 0 fully saturated rings. The summed E-state index contributed by atoms with van der Waals surface area (Å²) in [7, 11) is 0. The van der Waals surface area contributed by atoms with Gasteiger partial charge in [0.2, 0.25) is 0 Å². The van der Waals surface area contributed by atoms with Crippen LogP contribution in [0.5, 0.6) is 0 Å². The Hall–Kier alpha value is -1.08. The molecule has 0 bridgehead atoms. The van der Waals surface area contributed by atoms with Gasteiger partial charge in [0.05, 0.1) is 5.03 Å². The molecule has 0 saturated carbocycles. The van der Waals surface area contributed by atoms with E-state index in [9.17, 15) is 4.79 Å². The van der Waals surface area contributed by atoms with Crippen molar-refractivity contribution in [1.82, 2.24) is 0 Å². The number of benzene rings is 1. The molecule has 0 aliphatic carbocycles. The topological polar surface area (TPSA) is 17.1 Å². The molecule has 1 aromatic rings. The summed E-state index contributed by atoms with van der Waals surface area (Å²) in [6, 6.07) is 9.42. The maximum atomic E-state index is 10.4. The molecular formula is C10H9ClO. The van der Waals surface area contributed by atoms with Gasteiger partial charge in [-0.15, -0.1) is 0 Å². The molecule has 1 rings (SSSR count). The quantitative estimate of drug-likeness (QED) is 0.505. The van der Waals surface area contributed by atoms with E-state index in [4.69, 9.17) is 11.6 Å². The summed E-state index contributed by atoms with van der Waals surface area (Å²) in [5.74, 6) is 0. The van der Waals surface area contributed by atoms with E-state index in [0.29, 0.717) is 10.6 Å². The van der Waals surface area contributed by atoms with Crippen LogP contribution in [0.4, 0.5) is 0 Å². The molecule has 0 spiro atoms. The van der Waals surface area contributed by atoms with Crippen molar-refractivity contribution in [3.8, 4) is 0 Å². The van der Waals surface area contributed by atoms with E-state index >= 15 is 0 Å². The summed E-state index contributed by atoms with van der Waals surface area (Å²) in [5, 5.41) is 0.519. The van der Waals surface area contributed by atoms with Crippen molar-refractivity contribution in [1.29, 1.82) is 0 Å². The largest absolute Gasteiger partial charge is 0.298 e. The Bertz CT molecular complexity index is 301. The highest BCUT2D eigenvalue weighted by molar-refractivity contribution is 6.50. The van der Waals surface area contributed by atoms with Crippen LogP contribution in [0.2, 0.25) is 0 Å². The average molecular weight is 181 g/mol. The van der Waals surface area contributed by atoms with Gasteiger partial charge in [0.25, 0.3) is 0 Å². The van der Waals surface area contributed by atoms with Crippen LogP contribution >= 0.6 is 11.6 Å². The molecular weight excluding hydrogens is 172 g/mol. The Morgan fingerprint density at radius 1 is 1.33 bits per heavy atom. The Balaban J connectivity index is 3.08. The first-order valence-electron chi connectivity index (χ1n) is 3.62. The summed E-state index contributed by atoms with van der Waals surface area (Å²) in [6.45, 7) is 1.70. The second-order valence-corrected chi connectivity index (χ2v) is 2.86. The highest BCUT2D eigenvalue weighted by Gasteiger charge is 1.99. The fourth-order valence-electron chi connectivity index (χ4n) is 0.864. The Morgan fingerprint density at radius 3 is 2.42 bits per heavy atom. The first-order valence-corrected chi connectivity index (χ1v) is 4.00. The van der Waals surface area contributed by atoms with E-state index in [0.717, 1.165) is 11.8 Å². The molecule has 12 heavy (non-hydrogen) atoms. The van der Waals surface area contributed by atoms with E-state index in [1.807, 2.05) is 30.3 Å². The molecule has 0 heterocycles. The molecule has 0 amide bonds. The lowest BCUT2D eigenvalue weighted by molar-refractivity contribution is -0.104. The van der Waals surface area contributed by atoms with Crippen LogP contribution in [0, 0.1) is 0 Å². The number of carbonyl (C=O) groups excluding carboxylic acids is 1. The standard InChI is InChI=1S/C10H9ClO/c1-8(7-12)10(11)9-5-3-2-4-6-9/h2-7H,1H3/b10-8+. The smallest absolute Gasteiger partial charge is 0.147 e. The summed E-state index contributed by atoms with van der Waals surface area (Å²) in [5.41, 5.74) is 1.44. The van der Waals surface area contributed by atoms with Crippen molar-refractivity contribution < 1.29 is 4.79 Å². The monoisotopic (exact) mass is 180 g/mol. The zero-order valence-corrected chi connectivity index (χ0v) is 7.51. The Kier molecular flexibility index (Phi) is 3.06. The molecule has 1 aromatic carbocycles. The summed E-state index contributed by atoms with van der Waals surface area (Å²) >= 11 is 5.91. The first kappa shape index (κ1) is 9.01. The number of hydrogen-bond donors (Lipinski definition) is 0. The molecule has 62 valence electrons. The van der Waals surface area contributed by atoms with Crippen molar-refractivity contribution in [2.24, 2.45) is 0 Å². The van der Waals surface area contributed by atoms with Gasteiger partial charge in [-0.1, -0.05) is 41.9 Å². The number of allylic oxidation sites excluding steroid dienone is 1. The maximum Gasteiger partial charge on any atom is 0.147 e. The minimum Gasteiger partial charge on any atom is -0.298 e. The molecule has 1 nitrogen and oxygen atoms in total. The number of carbonyl (C=O) groups is 1. The zero-order chi connectivity index (χ0) is 8.97. The molecule has 0 aliphatic rings. The fourth-order valence-corrected chi connectivity index (χ4v) is 1.03. The van der Waals surface area contributed by atoms with E-state index in [1.165, 1.54) is 0 Å². The second-order valence-electron chi connectivity index (χ2n) is 2.48. The van der Waals surface area contributed by atoms with E-state index in [1.54, 1.807) is 6.92 Å². The number of rotatable bonds is 2. The Labute approximate surface area is 76.7 Å². The SMILES string of the molecule is C/C(C=O)=C(\Cl)c1ccccc1. The lowest BCUT2D eigenvalue weighted by Gasteiger charge is -1.98. The van der Waals surface area contributed by atoms with Gasteiger partial charge >= 0.3 is 0 Å². The van der Waals surface area contributed by atoms with Gasteiger partial charge in [0, 0.05) is 5.57 Å². The predicted octanol–water partition coefficient (Wildman–Crippen LogP) is 2.86. The van der Waals surface area contributed by atoms with Gasteiger partial charge in [-0.2, -0.15) is 0 Å². The summed E-state index contributed by atoms with van der Waals surface area (Å²) in [6.07, 6.45) is 0.759. The second kappa shape index (κ2) is 4.07. The minimum atomic E-state index is 0.519. The third-order valence-electron chi connectivity index (χ3n) is 1.55. The van der Waals surface area contributed by atoms with Gasteiger partial charge in [-0.25, -0.2) is 0 Å². The van der Waals surface area contributed by atoms with Crippen molar-refractivity contribution in [3.05, 3.63) is 41.5 Å². The lowest BCUT2D eigenvalue weighted by Crippen LogP contribution is -1.82. The molecule has 0 saturated heterocycles. The van der Waals surface area contributed by atoms with Gasteiger partial charge in [0.15, 0.2) is 0 Å². The zero-order valence-electron chi connectivity index (χ0n) is 6.75. The van der Waals surface area contributed by atoms with E-state index < -0.39 is 0 Å². The fraction of sp³-hybridized carbons (Fsp3) is 0.100. The van der Waals surface area contributed by atoms with Crippen molar-refractivity contribution >= 4 is 22.9 Å². The van der Waals surface area contributed by atoms with Gasteiger partial charge in [0.1, 0.15) is 6.29 Å². The van der Waals surface area contributed by atoms with Crippen molar-refractivity contribution in [3.63, 3.8) is 0 Å².